The molecule has 0 aliphatic heterocycles. The Labute approximate surface area is 457 Å². The van der Waals surface area contributed by atoms with Crippen molar-refractivity contribution in [3.63, 3.8) is 0 Å². The molecule has 0 fully saturated rings. The van der Waals surface area contributed by atoms with Crippen LogP contribution in [0, 0.1) is 0 Å². The number of allylic oxidation sites excluding steroid dienone is 16. The Bertz CT molecular complexity index is 1460. The summed E-state index contributed by atoms with van der Waals surface area (Å²) in [7, 11) is 0. The second-order valence-corrected chi connectivity index (χ2v) is 20.5. The summed E-state index contributed by atoms with van der Waals surface area (Å²) in [5.41, 5.74) is 0. The maximum atomic E-state index is 12.8. The van der Waals surface area contributed by atoms with E-state index in [9.17, 15) is 14.4 Å². The number of rotatable bonds is 56. The summed E-state index contributed by atoms with van der Waals surface area (Å²) >= 11 is 0. The van der Waals surface area contributed by atoms with Crippen molar-refractivity contribution in [2.45, 2.75) is 303 Å². The summed E-state index contributed by atoms with van der Waals surface area (Å²) in [6.07, 6.45) is 83.1. The third-order valence-electron chi connectivity index (χ3n) is 13.3. The molecule has 6 nitrogen and oxygen atoms in total. The lowest BCUT2D eigenvalue weighted by Gasteiger charge is -2.18. The fourth-order valence-electron chi connectivity index (χ4n) is 8.69. The van der Waals surface area contributed by atoms with Gasteiger partial charge in [-0.05, 0) is 109 Å². The molecule has 1 unspecified atom stereocenters. The Hall–Kier alpha value is -3.67. The zero-order valence-electron chi connectivity index (χ0n) is 48.6. The third-order valence-corrected chi connectivity index (χ3v) is 13.3. The molecule has 1 atom stereocenters. The molecule has 0 aliphatic carbocycles. The number of hydrogen-bond acceptors (Lipinski definition) is 6. The summed E-state index contributed by atoms with van der Waals surface area (Å²) in [6.45, 7) is 6.33. The minimum absolute atomic E-state index is 0.0893. The topological polar surface area (TPSA) is 78.9 Å². The predicted molar refractivity (Wildman–Crippen MR) is 320 cm³/mol. The SMILES string of the molecule is CC/C=C\C/C=C\C/C=C\C/C=C\CCCCCCCCCCCCCCCCCCCCCCC(=O)OCC(COC(=O)CCCCCCC/C=C\CCC)OC(=O)CCCCC/C=C\C/C=C\C/C=C\CC. The summed E-state index contributed by atoms with van der Waals surface area (Å²) < 4.78 is 16.8. The van der Waals surface area contributed by atoms with Crippen molar-refractivity contribution < 1.29 is 28.6 Å². The van der Waals surface area contributed by atoms with E-state index in [1.807, 2.05) is 0 Å². The zero-order chi connectivity index (χ0) is 53.6. The number of hydrogen-bond donors (Lipinski definition) is 0. The molecule has 0 aromatic rings. The second kappa shape index (κ2) is 61.9. The van der Waals surface area contributed by atoms with Crippen LogP contribution in [-0.2, 0) is 28.6 Å². The first-order valence-corrected chi connectivity index (χ1v) is 31.2. The Balaban J connectivity index is 4.06. The maximum absolute atomic E-state index is 12.8. The summed E-state index contributed by atoms with van der Waals surface area (Å²) in [5.74, 6) is -0.924. The van der Waals surface area contributed by atoms with Crippen LogP contribution in [0.3, 0.4) is 0 Å². The Morgan fingerprint density at radius 3 is 0.851 bits per heavy atom. The maximum Gasteiger partial charge on any atom is 0.306 e. The summed E-state index contributed by atoms with van der Waals surface area (Å²) in [6, 6.07) is 0. The highest BCUT2D eigenvalue weighted by molar-refractivity contribution is 5.71. The lowest BCUT2D eigenvalue weighted by molar-refractivity contribution is -0.167. The lowest BCUT2D eigenvalue weighted by Crippen LogP contribution is -2.30. The molecule has 0 saturated heterocycles. The van der Waals surface area contributed by atoms with Crippen LogP contribution in [0.25, 0.3) is 0 Å². The first-order valence-electron chi connectivity index (χ1n) is 31.2. The van der Waals surface area contributed by atoms with Crippen LogP contribution in [-0.4, -0.2) is 37.2 Å². The molecule has 0 rings (SSSR count). The van der Waals surface area contributed by atoms with Gasteiger partial charge in [-0.1, -0.05) is 266 Å². The minimum Gasteiger partial charge on any atom is -0.462 e. The summed E-state index contributed by atoms with van der Waals surface area (Å²) in [5, 5.41) is 0. The first kappa shape index (κ1) is 70.3. The highest BCUT2D eigenvalue weighted by Gasteiger charge is 2.19. The van der Waals surface area contributed by atoms with Crippen LogP contribution in [0.15, 0.2) is 97.2 Å². The minimum atomic E-state index is -0.793. The third kappa shape index (κ3) is 59.2. The molecular weight excluding hydrogens is 913 g/mol. The van der Waals surface area contributed by atoms with Crippen LogP contribution in [0.4, 0.5) is 0 Å². The van der Waals surface area contributed by atoms with E-state index in [0.717, 1.165) is 128 Å². The predicted octanol–water partition coefficient (Wildman–Crippen LogP) is 21.3. The van der Waals surface area contributed by atoms with Gasteiger partial charge in [0.1, 0.15) is 13.2 Å². The van der Waals surface area contributed by atoms with Gasteiger partial charge in [-0.15, -0.1) is 0 Å². The van der Waals surface area contributed by atoms with Gasteiger partial charge in [-0.25, -0.2) is 0 Å². The van der Waals surface area contributed by atoms with E-state index < -0.39 is 6.10 Å². The number of unbranched alkanes of at least 4 members (excludes halogenated alkanes) is 29. The van der Waals surface area contributed by atoms with Gasteiger partial charge in [0.15, 0.2) is 6.10 Å². The fourth-order valence-corrected chi connectivity index (χ4v) is 8.69. The average molecular weight is 1030 g/mol. The standard InChI is InChI=1S/C68H116O6/c1-4-7-10-13-16-19-22-24-25-26-27-28-29-30-31-32-33-34-35-36-37-38-39-40-41-42-43-45-46-49-52-55-58-61-67(70)73-64-65(63-72-66(69)60-57-54-51-48-21-18-15-12-9-6-3)74-68(71)62-59-56-53-50-47-44-23-20-17-14-11-8-5-2/h7-8,10-12,15-17,19-20,24-25,27-28,44,47,65H,4-6,9,13-14,18,21-23,26,29-43,45-46,48-64H2,1-3H3/b10-7-,11-8-,15-12-,19-16-,20-17-,25-24-,28-27-,47-44-. The average Bonchev–Trinajstić information content (AvgIpc) is 3.40. The van der Waals surface area contributed by atoms with Crippen LogP contribution in [0.2, 0.25) is 0 Å². The Morgan fingerprint density at radius 2 is 0.527 bits per heavy atom. The lowest BCUT2D eigenvalue weighted by atomic mass is 10.0. The molecule has 0 N–H and O–H groups in total. The van der Waals surface area contributed by atoms with Crippen molar-refractivity contribution in [1.82, 2.24) is 0 Å². The fraction of sp³-hybridized carbons (Fsp3) is 0.721. The van der Waals surface area contributed by atoms with Crippen LogP contribution in [0.1, 0.15) is 297 Å². The Kier molecular flexibility index (Phi) is 58.8. The van der Waals surface area contributed by atoms with Gasteiger partial charge in [0.05, 0.1) is 0 Å². The summed E-state index contributed by atoms with van der Waals surface area (Å²) in [4.78, 5) is 38.1. The smallest absolute Gasteiger partial charge is 0.306 e. The van der Waals surface area contributed by atoms with Crippen molar-refractivity contribution in [3.05, 3.63) is 97.2 Å². The molecule has 0 radical (unpaired) electrons. The van der Waals surface area contributed by atoms with Crippen LogP contribution >= 0.6 is 0 Å². The Morgan fingerprint density at radius 1 is 0.284 bits per heavy atom. The van der Waals surface area contributed by atoms with Gasteiger partial charge in [0.2, 0.25) is 0 Å². The van der Waals surface area contributed by atoms with Gasteiger partial charge >= 0.3 is 17.9 Å². The molecule has 0 aromatic heterocycles. The van der Waals surface area contributed by atoms with E-state index in [4.69, 9.17) is 14.2 Å². The number of ether oxygens (including phenoxy) is 3. The highest BCUT2D eigenvalue weighted by atomic mass is 16.6. The molecule has 0 aliphatic rings. The largest absolute Gasteiger partial charge is 0.462 e. The number of carbonyl (C=O) groups is 3. The highest BCUT2D eigenvalue weighted by Crippen LogP contribution is 2.17. The van der Waals surface area contributed by atoms with Gasteiger partial charge in [-0.3, -0.25) is 14.4 Å². The molecule has 6 heteroatoms. The second-order valence-electron chi connectivity index (χ2n) is 20.5. The van der Waals surface area contributed by atoms with Crippen LogP contribution in [0.5, 0.6) is 0 Å². The molecule has 0 aromatic carbocycles. The van der Waals surface area contributed by atoms with E-state index in [1.54, 1.807) is 0 Å². The van der Waals surface area contributed by atoms with Crippen molar-refractivity contribution in [2.24, 2.45) is 0 Å². The zero-order valence-corrected chi connectivity index (χ0v) is 48.6. The normalized spacial score (nSPS) is 12.7. The molecule has 0 spiro atoms. The van der Waals surface area contributed by atoms with Crippen molar-refractivity contribution in [3.8, 4) is 0 Å². The first-order chi connectivity index (χ1) is 36.5. The van der Waals surface area contributed by atoms with E-state index in [2.05, 4.69) is 118 Å². The van der Waals surface area contributed by atoms with Gasteiger partial charge in [0, 0.05) is 19.3 Å². The van der Waals surface area contributed by atoms with Crippen molar-refractivity contribution in [1.29, 1.82) is 0 Å². The van der Waals surface area contributed by atoms with Gasteiger partial charge < -0.3 is 14.2 Å². The quantitative estimate of drug-likeness (QED) is 0.0261. The molecular formula is C68H116O6. The number of esters is 3. The molecule has 0 bridgehead atoms. The number of carbonyl (C=O) groups excluding carboxylic acids is 3. The molecule has 424 valence electrons. The van der Waals surface area contributed by atoms with Gasteiger partial charge in [-0.2, -0.15) is 0 Å². The van der Waals surface area contributed by atoms with Crippen LogP contribution < -0.4 is 0 Å². The van der Waals surface area contributed by atoms with Crippen molar-refractivity contribution in [2.75, 3.05) is 13.2 Å². The monoisotopic (exact) mass is 1030 g/mol. The van der Waals surface area contributed by atoms with E-state index in [0.29, 0.717) is 19.3 Å². The van der Waals surface area contributed by atoms with E-state index in [1.165, 1.54) is 128 Å². The molecule has 0 amide bonds. The molecule has 0 heterocycles. The van der Waals surface area contributed by atoms with E-state index in [-0.39, 0.29) is 31.1 Å². The molecule has 74 heavy (non-hydrogen) atoms. The van der Waals surface area contributed by atoms with Gasteiger partial charge in [0.25, 0.3) is 0 Å². The van der Waals surface area contributed by atoms with E-state index >= 15 is 0 Å². The molecule has 0 saturated carbocycles. The van der Waals surface area contributed by atoms with Crippen molar-refractivity contribution >= 4 is 17.9 Å².